The molecular formula is C13H24. The molecule has 0 atom stereocenters. The van der Waals surface area contributed by atoms with Gasteiger partial charge in [-0.2, -0.15) is 0 Å². The standard InChI is InChI=1S/C13H24/c1-2-12-6-10-13(11-7-12)8-4-3-5-9-13/h12H,2-11H2,1H3. The molecule has 0 heteroatoms. The van der Waals surface area contributed by atoms with Crippen molar-refractivity contribution in [1.82, 2.24) is 0 Å². The van der Waals surface area contributed by atoms with Crippen LogP contribution >= 0.6 is 0 Å². The van der Waals surface area contributed by atoms with Crippen LogP contribution in [0.5, 0.6) is 0 Å². The summed E-state index contributed by atoms with van der Waals surface area (Å²) in [5.74, 6) is 1.08. The third-order valence-corrected chi connectivity index (χ3v) is 4.66. The zero-order valence-corrected chi connectivity index (χ0v) is 9.15. The Bertz CT molecular complexity index is 143. The van der Waals surface area contributed by atoms with Gasteiger partial charge in [-0.25, -0.2) is 0 Å². The summed E-state index contributed by atoms with van der Waals surface area (Å²) >= 11 is 0. The Morgan fingerprint density at radius 3 is 2.08 bits per heavy atom. The normalized spacial score (nSPS) is 29.3. The largest absolute Gasteiger partial charge is 0.0651 e. The van der Waals surface area contributed by atoms with E-state index in [9.17, 15) is 0 Å². The van der Waals surface area contributed by atoms with Crippen molar-refractivity contribution in [3.8, 4) is 0 Å². The predicted octanol–water partition coefficient (Wildman–Crippen LogP) is 4.54. The molecule has 2 fully saturated rings. The van der Waals surface area contributed by atoms with Crippen molar-refractivity contribution in [2.75, 3.05) is 0 Å². The fourth-order valence-corrected chi connectivity index (χ4v) is 3.50. The van der Waals surface area contributed by atoms with Gasteiger partial charge in [-0.05, 0) is 49.9 Å². The molecule has 13 heavy (non-hydrogen) atoms. The third kappa shape index (κ3) is 2.08. The molecule has 0 bridgehead atoms. The quantitative estimate of drug-likeness (QED) is 0.556. The zero-order valence-electron chi connectivity index (χ0n) is 9.15. The minimum Gasteiger partial charge on any atom is -0.0651 e. The van der Waals surface area contributed by atoms with Crippen LogP contribution < -0.4 is 0 Å². The molecule has 0 unspecified atom stereocenters. The Morgan fingerprint density at radius 1 is 0.923 bits per heavy atom. The van der Waals surface area contributed by atoms with Crippen molar-refractivity contribution in [1.29, 1.82) is 0 Å². The summed E-state index contributed by atoms with van der Waals surface area (Å²) in [5.41, 5.74) is 0.837. The molecule has 0 aromatic heterocycles. The van der Waals surface area contributed by atoms with Gasteiger partial charge in [-0.1, -0.05) is 32.6 Å². The second kappa shape index (κ2) is 4.02. The Kier molecular flexibility index (Phi) is 2.96. The molecule has 0 nitrogen and oxygen atoms in total. The fourth-order valence-electron chi connectivity index (χ4n) is 3.50. The van der Waals surface area contributed by atoms with Crippen molar-refractivity contribution in [3.63, 3.8) is 0 Å². The van der Waals surface area contributed by atoms with E-state index in [2.05, 4.69) is 6.92 Å². The summed E-state index contributed by atoms with van der Waals surface area (Å²) in [5, 5.41) is 0. The summed E-state index contributed by atoms with van der Waals surface area (Å²) in [6.45, 7) is 2.36. The van der Waals surface area contributed by atoms with Gasteiger partial charge in [0.15, 0.2) is 0 Å². The maximum atomic E-state index is 2.36. The zero-order chi connectivity index (χ0) is 9.15. The highest BCUT2D eigenvalue weighted by Crippen LogP contribution is 2.49. The van der Waals surface area contributed by atoms with Gasteiger partial charge in [-0.3, -0.25) is 0 Å². The van der Waals surface area contributed by atoms with Crippen molar-refractivity contribution < 1.29 is 0 Å². The molecule has 0 saturated heterocycles. The number of rotatable bonds is 1. The van der Waals surface area contributed by atoms with Gasteiger partial charge in [0.25, 0.3) is 0 Å². The van der Waals surface area contributed by atoms with Crippen LogP contribution in [0.2, 0.25) is 0 Å². The molecule has 0 radical (unpaired) electrons. The molecule has 0 heterocycles. The van der Waals surface area contributed by atoms with E-state index in [1.54, 1.807) is 25.7 Å². The second-order valence-corrected chi connectivity index (χ2v) is 5.41. The van der Waals surface area contributed by atoms with E-state index in [0.717, 1.165) is 11.3 Å². The van der Waals surface area contributed by atoms with Crippen molar-refractivity contribution in [2.24, 2.45) is 11.3 Å². The van der Waals surface area contributed by atoms with Crippen LogP contribution in [0.15, 0.2) is 0 Å². The molecule has 0 aromatic rings. The van der Waals surface area contributed by atoms with E-state index in [1.165, 1.54) is 38.5 Å². The first kappa shape index (κ1) is 9.55. The Labute approximate surface area is 83.1 Å². The highest BCUT2D eigenvalue weighted by molar-refractivity contribution is 4.87. The lowest BCUT2D eigenvalue weighted by atomic mass is 9.63. The summed E-state index contributed by atoms with van der Waals surface area (Å²) in [7, 11) is 0. The predicted molar refractivity (Wildman–Crippen MR) is 57.8 cm³/mol. The first-order chi connectivity index (χ1) is 6.35. The van der Waals surface area contributed by atoms with Crippen molar-refractivity contribution >= 4 is 0 Å². The lowest BCUT2D eigenvalue weighted by Gasteiger charge is -2.43. The highest BCUT2D eigenvalue weighted by atomic mass is 14.4. The Balaban J connectivity index is 1.87. The van der Waals surface area contributed by atoms with E-state index in [4.69, 9.17) is 0 Å². The minimum atomic E-state index is 0.837. The molecule has 2 aliphatic carbocycles. The smallest absolute Gasteiger partial charge is 0.0297 e. The molecule has 76 valence electrons. The van der Waals surface area contributed by atoms with Crippen molar-refractivity contribution in [3.05, 3.63) is 0 Å². The Hall–Kier alpha value is 0. The van der Waals surface area contributed by atoms with Gasteiger partial charge < -0.3 is 0 Å². The number of hydrogen-bond donors (Lipinski definition) is 0. The van der Waals surface area contributed by atoms with Crippen LogP contribution in [0.1, 0.15) is 71.1 Å². The van der Waals surface area contributed by atoms with E-state index in [1.807, 2.05) is 0 Å². The molecule has 0 aromatic carbocycles. The molecular weight excluding hydrogens is 156 g/mol. The van der Waals surface area contributed by atoms with Crippen LogP contribution in [-0.2, 0) is 0 Å². The second-order valence-electron chi connectivity index (χ2n) is 5.41. The van der Waals surface area contributed by atoms with Gasteiger partial charge in [0.05, 0.1) is 0 Å². The van der Waals surface area contributed by atoms with E-state index in [-0.39, 0.29) is 0 Å². The lowest BCUT2D eigenvalue weighted by Crippen LogP contribution is -2.29. The van der Waals surface area contributed by atoms with Crippen LogP contribution in [0.4, 0.5) is 0 Å². The van der Waals surface area contributed by atoms with Crippen LogP contribution in [0, 0.1) is 11.3 Å². The maximum absolute atomic E-state index is 2.36. The summed E-state index contributed by atoms with van der Waals surface area (Å²) in [6.07, 6.45) is 15.3. The number of hydrogen-bond acceptors (Lipinski definition) is 0. The molecule has 0 aliphatic heterocycles. The summed E-state index contributed by atoms with van der Waals surface area (Å²) in [6, 6.07) is 0. The van der Waals surface area contributed by atoms with Crippen molar-refractivity contribution in [2.45, 2.75) is 71.1 Å². The van der Waals surface area contributed by atoms with E-state index in [0.29, 0.717) is 0 Å². The van der Waals surface area contributed by atoms with Crippen LogP contribution in [0.3, 0.4) is 0 Å². The Morgan fingerprint density at radius 2 is 1.54 bits per heavy atom. The first-order valence-electron chi connectivity index (χ1n) is 6.35. The van der Waals surface area contributed by atoms with Crippen LogP contribution in [0.25, 0.3) is 0 Å². The SMILES string of the molecule is CCC1CCC2(CCCCC2)CC1. The molecule has 2 saturated carbocycles. The molecule has 2 aliphatic rings. The molecule has 0 N–H and O–H groups in total. The molecule has 1 spiro atoms. The average Bonchev–Trinajstić information content (AvgIpc) is 2.20. The summed E-state index contributed by atoms with van der Waals surface area (Å²) in [4.78, 5) is 0. The van der Waals surface area contributed by atoms with E-state index >= 15 is 0 Å². The van der Waals surface area contributed by atoms with E-state index < -0.39 is 0 Å². The van der Waals surface area contributed by atoms with Gasteiger partial charge >= 0.3 is 0 Å². The molecule has 0 amide bonds. The van der Waals surface area contributed by atoms with Gasteiger partial charge in [-0.15, -0.1) is 0 Å². The van der Waals surface area contributed by atoms with Gasteiger partial charge in [0, 0.05) is 0 Å². The lowest BCUT2D eigenvalue weighted by molar-refractivity contribution is 0.0959. The first-order valence-corrected chi connectivity index (χ1v) is 6.35. The average molecular weight is 180 g/mol. The topological polar surface area (TPSA) is 0 Å². The maximum Gasteiger partial charge on any atom is -0.0297 e. The third-order valence-electron chi connectivity index (χ3n) is 4.66. The summed E-state index contributed by atoms with van der Waals surface area (Å²) < 4.78 is 0. The van der Waals surface area contributed by atoms with Gasteiger partial charge in [0.2, 0.25) is 0 Å². The fraction of sp³-hybridized carbons (Fsp3) is 1.00. The highest BCUT2D eigenvalue weighted by Gasteiger charge is 2.35. The molecule has 2 rings (SSSR count). The minimum absolute atomic E-state index is 0.837. The monoisotopic (exact) mass is 180 g/mol. The van der Waals surface area contributed by atoms with Gasteiger partial charge in [0.1, 0.15) is 0 Å². The van der Waals surface area contributed by atoms with Crippen LogP contribution in [-0.4, -0.2) is 0 Å².